The Hall–Kier alpha value is -0.710. The number of nitrogens with one attached hydrogen (secondary N) is 2. The van der Waals surface area contributed by atoms with E-state index >= 15 is 0 Å². The summed E-state index contributed by atoms with van der Waals surface area (Å²) in [6, 6.07) is 1.70. The number of anilines is 2. The van der Waals surface area contributed by atoms with Crippen molar-refractivity contribution in [3.63, 3.8) is 0 Å². The normalized spacial score (nSPS) is 10.8. The Morgan fingerprint density at radius 2 is 1.83 bits per heavy atom. The topological polar surface area (TPSA) is 40.2 Å². The van der Waals surface area contributed by atoms with E-state index in [4.69, 9.17) is 23.2 Å². The van der Waals surface area contributed by atoms with Crippen LogP contribution < -0.4 is 10.6 Å². The van der Waals surface area contributed by atoms with Gasteiger partial charge < -0.3 is 15.5 Å². The van der Waals surface area contributed by atoms with E-state index in [1.807, 2.05) is 0 Å². The molecule has 1 rings (SSSR count). The van der Waals surface area contributed by atoms with E-state index in [9.17, 15) is 0 Å². The van der Waals surface area contributed by atoms with Crippen LogP contribution in [0.4, 0.5) is 11.6 Å². The zero-order valence-corrected chi connectivity index (χ0v) is 12.6. The lowest BCUT2D eigenvalue weighted by Crippen LogP contribution is -2.14. The first kappa shape index (κ1) is 15.3. The monoisotopic (exact) mass is 290 g/mol. The summed E-state index contributed by atoms with van der Waals surface area (Å²) in [6.45, 7) is 1.94. The molecule has 0 unspecified atom stereocenters. The molecule has 102 valence electrons. The Labute approximate surface area is 119 Å². The molecular weight excluding hydrogens is 271 g/mol. The van der Waals surface area contributed by atoms with Crippen molar-refractivity contribution in [2.24, 2.45) is 0 Å². The van der Waals surface area contributed by atoms with Crippen molar-refractivity contribution in [3.05, 3.63) is 16.1 Å². The quantitative estimate of drug-likeness (QED) is 0.757. The lowest BCUT2D eigenvalue weighted by atomic mass is 10.3. The van der Waals surface area contributed by atoms with Crippen LogP contribution in [-0.4, -0.2) is 44.1 Å². The molecular formula is C12H20Cl2N4. The van der Waals surface area contributed by atoms with Crippen molar-refractivity contribution in [1.29, 1.82) is 0 Å². The maximum Gasteiger partial charge on any atom is 0.147 e. The van der Waals surface area contributed by atoms with E-state index in [2.05, 4.69) is 34.6 Å². The van der Waals surface area contributed by atoms with Crippen molar-refractivity contribution in [2.45, 2.75) is 12.8 Å². The molecule has 2 N–H and O–H groups in total. The summed E-state index contributed by atoms with van der Waals surface area (Å²) in [5.41, 5.74) is 0. The summed E-state index contributed by atoms with van der Waals surface area (Å²) >= 11 is 12.1. The Kier molecular flexibility index (Phi) is 6.54. The largest absolute Gasteiger partial charge is 0.372 e. The second kappa shape index (κ2) is 7.67. The van der Waals surface area contributed by atoms with Gasteiger partial charge in [0.05, 0.1) is 10.0 Å². The van der Waals surface area contributed by atoms with Gasteiger partial charge in [-0.1, -0.05) is 23.2 Å². The summed E-state index contributed by atoms with van der Waals surface area (Å²) in [6.07, 6.45) is 2.22. The first-order chi connectivity index (χ1) is 8.54. The molecule has 0 saturated carbocycles. The highest BCUT2D eigenvalue weighted by Gasteiger charge is 2.07. The number of aromatic nitrogens is 1. The lowest BCUT2D eigenvalue weighted by molar-refractivity contribution is 0.396. The van der Waals surface area contributed by atoms with Gasteiger partial charge in [0.1, 0.15) is 11.6 Å². The van der Waals surface area contributed by atoms with Crippen LogP contribution in [-0.2, 0) is 0 Å². The van der Waals surface area contributed by atoms with Crippen molar-refractivity contribution in [3.8, 4) is 0 Å². The summed E-state index contributed by atoms with van der Waals surface area (Å²) in [4.78, 5) is 6.50. The molecule has 4 nitrogen and oxygen atoms in total. The van der Waals surface area contributed by atoms with Gasteiger partial charge in [0.25, 0.3) is 0 Å². The highest BCUT2D eigenvalue weighted by Crippen LogP contribution is 2.28. The molecule has 0 fully saturated rings. The fourth-order valence-electron chi connectivity index (χ4n) is 1.53. The molecule has 1 aromatic heterocycles. The summed E-state index contributed by atoms with van der Waals surface area (Å²) in [7, 11) is 5.93. The molecule has 0 aromatic carbocycles. The lowest BCUT2D eigenvalue weighted by Gasteiger charge is -2.12. The van der Waals surface area contributed by atoms with Gasteiger partial charge in [-0.15, -0.1) is 0 Å². The fourth-order valence-corrected chi connectivity index (χ4v) is 2.05. The van der Waals surface area contributed by atoms with Crippen LogP contribution in [0, 0.1) is 0 Å². The number of rotatable bonds is 7. The molecule has 6 heteroatoms. The van der Waals surface area contributed by atoms with Crippen LogP contribution in [0.5, 0.6) is 0 Å². The van der Waals surface area contributed by atoms with E-state index in [0.717, 1.165) is 25.9 Å². The predicted octanol–water partition coefficient (Wildman–Crippen LogP) is 3.18. The Morgan fingerprint density at radius 3 is 2.44 bits per heavy atom. The molecule has 1 aromatic rings. The first-order valence-electron chi connectivity index (χ1n) is 5.97. The molecule has 18 heavy (non-hydrogen) atoms. The van der Waals surface area contributed by atoms with E-state index in [-0.39, 0.29) is 0 Å². The third-order valence-corrected chi connectivity index (χ3v) is 3.07. The highest BCUT2D eigenvalue weighted by atomic mass is 35.5. The van der Waals surface area contributed by atoms with Crippen molar-refractivity contribution in [1.82, 2.24) is 9.88 Å². The number of halogens is 2. The van der Waals surface area contributed by atoms with Gasteiger partial charge in [-0.25, -0.2) is 4.98 Å². The second-order valence-corrected chi connectivity index (χ2v) is 5.15. The molecule has 0 bridgehead atoms. The minimum absolute atomic E-state index is 0.528. The van der Waals surface area contributed by atoms with Crippen LogP contribution in [0.3, 0.4) is 0 Å². The number of nitrogens with zero attached hydrogens (tertiary/aromatic N) is 2. The van der Waals surface area contributed by atoms with Crippen molar-refractivity contribution < 1.29 is 0 Å². The molecule has 0 saturated heterocycles. The minimum atomic E-state index is 0.528. The molecule has 0 aliphatic heterocycles. The highest BCUT2D eigenvalue weighted by molar-refractivity contribution is 6.37. The minimum Gasteiger partial charge on any atom is -0.372 e. The van der Waals surface area contributed by atoms with Gasteiger partial charge in [-0.3, -0.25) is 0 Å². The smallest absolute Gasteiger partial charge is 0.147 e. The van der Waals surface area contributed by atoms with Crippen LogP contribution >= 0.6 is 23.2 Å². The Balaban J connectivity index is 2.47. The summed E-state index contributed by atoms with van der Waals surface area (Å²) in [5.74, 6) is 1.31. The molecule has 1 heterocycles. The van der Waals surface area contributed by atoms with E-state index in [1.54, 1.807) is 13.1 Å². The maximum atomic E-state index is 6.08. The maximum absolute atomic E-state index is 6.08. The molecule has 0 radical (unpaired) electrons. The van der Waals surface area contributed by atoms with Crippen LogP contribution in [0.25, 0.3) is 0 Å². The Morgan fingerprint density at radius 1 is 1.17 bits per heavy atom. The fraction of sp³-hybridized carbons (Fsp3) is 0.583. The van der Waals surface area contributed by atoms with Crippen LogP contribution in [0.15, 0.2) is 6.07 Å². The standard InChI is InChI=1S/C12H20Cl2N4/c1-15-11-9(13)8-10(14)12(17-11)16-6-4-5-7-18(2)3/h8H,4-7H2,1-3H3,(H2,15,16,17). The van der Waals surface area contributed by atoms with Gasteiger partial charge in [-0.05, 0) is 39.5 Å². The average Bonchev–Trinajstić information content (AvgIpc) is 2.30. The average molecular weight is 291 g/mol. The number of hydrogen-bond donors (Lipinski definition) is 2. The van der Waals surface area contributed by atoms with E-state index < -0.39 is 0 Å². The second-order valence-electron chi connectivity index (χ2n) is 4.34. The van der Waals surface area contributed by atoms with Crippen molar-refractivity contribution >= 4 is 34.8 Å². The third-order valence-electron chi connectivity index (χ3n) is 2.49. The number of pyridine rings is 1. The number of hydrogen-bond acceptors (Lipinski definition) is 4. The summed E-state index contributed by atoms with van der Waals surface area (Å²) < 4.78 is 0. The SMILES string of the molecule is CNc1nc(NCCCCN(C)C)c(Cl)cc1Cl. The van der Waals surface area contributed by atoms with Gasteiger partial charge in [0.2, 0.25) is 0 Å². The summed E-state index contributed by atoms with van der Waals surface area (Å²) in [5, 5.41) is 7.24. The molecule has 0 atom stereocenters. The third kappa shape index (κ3) is 4.88. The molecule has 0 aliphatic rings. The molecule has 0 spiro atoms. The zero-order valence-electron chi connectivity index (χ0n) is 11.1. The van der Waals surface area contributed by atoms with E-state index in [1.165, 1.54) is 0 Å². The van der Waals surface area contributed by atoms with Crippen LogP contribution in [0.1, 0.15) is 12.8 Å². The predicted molar refractivity (Wildman–Crippen MR) is 80.1 cm³/mol. The zero-order chi connectivity index (χ0) is 13.5. The van der Waals surface area contributed by atoms with E-state index in [0.29, 0.717) is 21.7 Å². The van der Waals surface area contributed by atoms with Crippen LogP contribution in [0.2, 0.25) is 10.0 Å². The van der Waals surface area contributed by atoms with Gasteiger partial charge >= 0.3 is 0 Å². The van der Waals surface area contributed by atoms with Gasteiger partial charge in [0, 0.05) is 13.6 Å². The van der Waals surface area contributed by atoms with Gasteiger partial charge in [0.15, 0.2) is 0 Å². The Bertz CT molecular complexity index is 383. The number of unbranched alkanes of at least 4 members (excludes halogenated alkanes) is 1. The first-order valence-corrected chi connectivity index (χ1v) is 6.72. The molecule has 0 amide bonds. The van der Waals surface area contributed by atoms with Gasteiger partial charge in [-0.2, -0.15) is 0 Å². The van der Waals surface area contributed by atoms with Crippen molar-refractivity contribution in [2.75, 3.05) is 44.9 Å². The molecule has 0 aliphatic carbocycles.